The second-order valence-electron chi connectivity index (χ2n) is 13.1. The molecule has 4 aliphatic rings. The Bertz CT molecular complexity index is 1710. The minimum atomic E-state index is -3.10. The van der Waals surface area contributed by atoms with E-state index in [2.05, 4.69) is 157 Å². The maximum atomic E-state index is 7.25. The summed E-state index contributed by atoms with van der Waals surface area (Å²) < 4.78 is 7.06. The van der Waals surface area contributed by atoms with Crippen molar-refractivity contribution in [3.8, 4) is 0 Å². The van der Waals surface area contributed by atoms with Crippen LogP contribution in [-0.4, -0.2) is 13.3 Å². The number of hydrogen-bond donors (Lipinski definition) is 0. The molecule has 2 saturated heterocycles. The molecule has 0 radical (unpaired) electrons. The molecule has 0 spiro atoms. The number of rotatable bonds is 4. The van der Waals surface area contributed by atoms with Gasteiger partial charge in [0, 0.05) is 0 Å². The van der Waals surface area contributed by atoms with Crippen molar-refractivity contribution in [2.75, 3.05) is 0 Å². The average Bonchev–Trinajstić information content (AvgIpc) is 3.73. The van der Waals surface area contributed by atoms with E-state index in [1.807, 2.05) is 0 Å². The second kappa shape index (κ2) is 8.69. The van der Waals surface area contributed by atoms with E-state index in [0.29, 0.717) is 11.8 Å². The number of allylic oxidation sites excluding steroid dienone is 2. The fraction of sp³-hybridized carbons (Fsp3) is 0.200. The standard InChI is InChI=1S/C40H34GeO/c1-41(2)39(29-21-11-5-12-22-29)33(27-17-7-3-8-18-27)34(28-19-9-4-10-20-28)40(41,30-23-13-6-14-24-30)36-35(39)37-31-25-15-16-26-32(31)38(36)42-37/h3-26,35-38H,1-2H3/t35-,36+,37+,38-,39+,40-. The van der Waals surface area contributed by atoms with Gasteiger partial charge in [-0.2, -0.15) is 0 Å². The van der Waals surface area contributed by atoms with Crippen LogP contribution < -0.4 is 0 Å². The van der Waals surface area contributed by atoms with Gasteiger partial charge in [-0.1, -0.05) is 0 Å². The first kappa shape index (κ1) is 24.9. The van der Waals surface area contributed by atoms with Crippen LogP contribution in [0.5, 0.6) is 0 Å². The molecule has 1 nitrogen and oxygen atoms in total. The third kappa shape index (κ3) is 2.71. The van der Waals surface area contributed by atoms with Crippen molar-refractivity contribution in [2.24, 2.45) is 11.8 Å². The molecule has 9 rings (SSSR count). The predicted molar refractivity (Wildman–Crippen MR) is 173 cm³/mol. The molecule has 2 fully saturated rings. The summed E-state index contributed by atoms with van der Waals surface area (Å²) >= 11 is -3.10. The van der Waals surface area contributed by atoms with Crippen LogP contribution in [0.1, 0.15) is 45.6 Å². The fourth-order valence-electron chi connectivity index (χ4n) is 10.5. The molecule has 0 aliphatic carbocycles. The van der Waals surface area contributed by atoms with Crippen LogP contribution in [0, 0.1) is 11.8 Å². The van der Waals surface area contributed by atoms with Crippen LogP contribution in [0.25, 0.3) is 11.1 Å². The van der Waals surface area contributed by atoms with E-state index in [4.69, 9.17) is 4.74 Å². The zero-order chi connectivity index (χ0) is 28.1. The Morgan fingerprint density at radius 1 is 0.452 bits per heavy atom. The van der Waals surface area contributed by atoms with Gasteiger partial charge in [0.05, 0.1) is 0 Å². The number of fused-ring (bicyclic) bond motifs is 12. The summed E-state index contributed by atoms with van der Waals surface area (Å²) in [7, 11) is 0. The molecule has 0 amide bonds. The number of ether oxygens (including phenoxy) is 1. The van der Waals surface area contributed by atoms with Crippen LogP contribution in [-0.2, 0) is 13.2 Å². The first-order chi connectivity index (χ1) is 20.6. The second-order valence-corrected chi connectivity index (χ2v) is 23.2. The molecule has 6 atom stereocenters. The molecule has 42 heavy (non-hydrogen) atoms. The van der Waals surface area contributed by atoms with E-state index in [1.54, 1.807) is 11.1 Å². The van der Waals surface area contributed by atoms with Crippen molar-refractivity contribution >= 4 is 24.4 Å². The van der Waals surface area contributed by atoms with E-state index in [0.717, 1.165) is 0 Å². The van der Waals surface area contributed by atoms with Crippen LogP contribution in [0.2, 0.25) is 11.5 Å². The molecule has 4 heterocycles. The van der Waals surface area contributed by atoms with Gasteiger partial charge in [0.1, 0.15) is 0 Å². The van der Waals surface area contributed by atoms with Crippen molar-refractivity contribution in [3.05, 3.63) is 179 Å². The van der Waals surface area contributed by atoms with Crippen molar-refractivity contribution in [2.45, 2.75) is 32.2 Å². The summed E-state index contributed by atoms with van der Waals surface area (Å²) in [4.78, 5) is 0. The number of hydrogen-bond acceptors (Lipinski definition) is 1. The molecule has 5 aromatic carbocycles. The Morgan fingerprint density at radius 3 is 1.17 bits per heavy atom. The summed E-state index contributed by atoms with van der Waals surface area (Å²) in [5.41, 5.74) is 11.7. The summed E-state index contributed by atoms with van der Waals surface area (Å²) in [5, 5.41) is 0. The van der Waals surface area contributed by atoms with E-state index < -0.39 is 13.3 Å². The van der Waals surface area contributed by atoms with Crippen molar-refractivity contribution in [1.82, 2.24) is 0 Å². The molecule has 5 aromatic rings. The Hall–Kier alpha value is -3.66. The molecular weight excluding hydrogens is 569 g/mol. The number of benzene rings is 5. The Morgan fingerprint density at radius 2 is 0.786 bits per heavy atom. The van der Waals surface area contributed by atoms with Crippen molar-refractivity contribution in [1.29, 1.82) is 0 Å². The van der Waals surface area contributed by atoms with E-state index in [9.17, 15) is 0 Å². The van der Waals surface area contributed by atoms with Gasteiger partial charge in [0.25, 0.3) is 0 Å². The van der Waals surface area contributed by atoms with Gasteiger partial charge in [-0.25, -0.2) is 0 Å². The van der Waals surface area contributed by atoms with Gasteiger partial charge >= 0.3 is 252 Å². The Balaban J connectivity index is 1.52. The first-order valence-electron chi connectivity index (χ1n) is 15.3. The third-order valence-corrected chi connectivity index (χ3v) is 23.5. The van der Waals surface area contributed by atoms with Gasteiger partial charge in [0.15, 0.2) is 0 Å². The molecular formula is C40H34GeO. The molecule has 0 aromatic heterocycles. The maximum absolute atomic E-state index is 7.25. The molecule has 0 N–H and O–H groups in total. The summed E-state index contributed by atoms with van der Waals surface area (Å²) in [6, 6.07) is 55.1. The Labute approximate surface area is 251 Å². The van der Waals surface area contributed by atoms with Gasteiger partial charge in [0.2, 0.25) is 0 Å². The third-order valence-electron chi connectivity index (χ3n) is 11.5. The van der Waals surface area contributed by atoms with Gasteiger partial charge in [-0.15, -0.1) is 0 Å². The molecule has 4 bridgehead atoms. The normalized spacial score (nSPS) is 31.3. The molecule has 4 aliphatic heterocycles. The molecule has 204 valence electrons. The van der Waals surface area contributed by atoms with Crippen molar-refractivity contribution in [3.63, 3.8) is 0 Å². The SMILES string of the molecule is [CH3][Ge]1([CH3])[C@]2(c3ccccc3)C(c3ccccc3)=C(c3ccccc3)[C@@]1(c1ccccc1)[C@@H]1[C@H]2[C@@H]2O[C@H]1c1ccccc12. The van der Waals surface area contributed by atoms with Crippen LogP contribution >= 0.6 is 0 Å². The summed E-state index contributed by atoms with van der Waals surface area (Å²) in [6.45, 7) is 0. The zero-order valence-corrected chi connectivity index (χ0v) is 26.2. The molecule has 2 heteroatoms. The van der Waals surface area contributed by atoms with Crippen LogP contribution in [0.4, 0.5) is 0 Å². The zero-order valence-electron chi connectivity index (χ0n) is 24.1. The minimum absolute atomic E-state index is 0.0960. The van der Waals surface area contributed by atoms with Crippen molar-refractivity contribution < 1.29 is 4.74 Å². The topological polar surface area (TPSA) is 9.23 Å². The van der Waals surface area contributed by atoms with Gasteiger partial charge < -0.3 is 0 Å². The predicted octanol–water partition coefficient (Wildman–Crippen LogP) is 9.35. The van der Waals surface area contributed by atoms with Crippen LogP contribution in [0.15, 0.2) is 146 Å². The Kier molecular flexibility index (Phi) is 5.15. The van der Waals surface area contributed by atoms with E-state index in [-0.39, 0.29) is 20.7 Å². The average molecular weight is 603 g/mol. The van der Waals surface area contributed by atoms with Gasteiger partial charge in [-0.05, 0) is 0 Å². The summed E-state index contributed by atoms with van der Waals surface area (Å²) in [6.07, 6.45) is 0.200. The monoisotopic (exact) mass is 604 g/mol. The van der Waals surface area contributed by atoms with Gasteiger partial charge in [-0.3, -0.25) is 0 Å². The van der Waals surface area contributed by atoms with E-state index >= 15 is 0 Å². The quantitative estimate of drug-likeness (QED) is 0.186. The molecule has 0 unspecified atom stereocenters. The summed E-state index contributed by atoms with van der Waals surface area (Å²) in [5.74, 6) is 6.28. The molecule has 0 saturated carbocycles. The van der Waals surface area contributed by atoms with Crippen LogP contribution in [0.3, 0.4) is 0 Å². The van der Waals surface area contributed by atoms with E-state index in [1.165, 1.54) is 33.4 Å². The fourth-order valence-corrected chi connectivity index (χ4v) is 24.2. The first-order valence-corrected chi connectivity index (χ1v) is 21.6.